The van der Waals surface area contributed by atoms with E-state index in [1.165, 1.54) is 0 Å². The molecule has 3 N–H and O–H groups in total. The summed E-state index contributed by atoms with van der Waals surface area (Å²) in [5, 5.41) is 13.2. The third-order valence-corrected chi connectivity index (χ3v) is 4.18. The molecule has 0 spiro atoms. The second kappa shape index (κ2) is 6.35. The van der Waals surface area contributed by atoms with Gasteiger partial charge in [0.2, 0.25) is 11.8 Å². The van der Waals surface area contributed by atoms with E-state index in [9.17, 15) is 9.59 Å². The second-order valence-electron chi connectivity index (χ2n) is 5.60. The number of carbonyl (C=O) groups excluding carboxylic acids is 2. The summed E-state index contributed by atoms with van der Waals surface area (Å²) in [6, 6.07) is -0.391. The number of nitrogens with one attached hydrogen (secondary N) is 3. The van der Waals surface area contributed by atoms with E-state index in [1.54, 1.807) is 6.20 Å². The van der Waals surface area contributed by atoms with E-state index in [2.05, 4.69) is 21.0 Å². The van der Waals surface area contributed by atoms with Crippen LogP contribution in [0.1, 0.15) is 19.8 Å². The SMILES string of the molecule is CCN1CCNC(=O)C1CC(=O)Nc1cnn2c1NCCC2. The number of aromatic nitrogens is 2. The van der Waals surface area contributed by atoms with Gasteiger partial charge in [-0.25, -0.2) is 4.68 Å². The van der Waals surface area contributed by atoms with Gasteiger partial charge in [0.1, 0.15) is 11.5 Å². The average Bonchev–Trinajstić information content (AvgIpc) is 2.92. The normalized spacial score (nSPS) is 21.7. The van der Waals surface area contributed by atoms with Crippen LogP contribution < -0.4 is 16.0 Å². The van der Waals surface area contributed by atoms with Crippen LogP contribution in [0.15, 0.2) is 6.20 Å². The van der Waals surface area contributed by atoms with Crippen molar-refractivity contribution in [2.75, 3.05) is 36.8 Å². The zero-order valence-electron chi connectivity index (χ0n) is 12.8. The lowest BCUT2D eigenvalue weighted by Gasteiger charge is -2.33. The molecular weight excluding hydrogens is 284 g/mol. The number of carbonyl (C=O) groups is 2. The Hall–Kier alpha value is -2.09. The molecule has 0 aliphatic carbocycles. The number of anilines is 2. The van der Waals surface area contributed by atoms with Crippen LogP contribution in [0.4, 0.5) is 11.5 Å². The van der Waals surface area contributed by atoms with Gasteiger partial charge < -0.3 is 16.0 Å². The van der Waals surface area contributed by atoms with Gasteiger partial charge >= 0.3 is 0 Å². The van der Waals surface area contributed by atoms with Crippen molar-refractivity contribution in [3.63, 3.8) is 0 Å². The van der Waals surface area contributed by atoms with Gasteiger partial charge in [0, 0.05) is 26.2 Å². The zero-order chi connectivity index (χ0) is 15.5. The Balaban J connectivity index is 1.64. The first-order valence-corrected chi connectivity index (χ1v) is 7.80. The van der Waals surface area contributed by atoms with E-state index >= 15 is 0 Å². The highest BCUT2D eigenvalue weighted by molar-refractivity contribution is 5.97. The minimum atomic E-state index is -0.391. The van der Waals surface area contributed by atoms with Crippen LogP contribution in [0, 0.1) is 0 Å². The molecule has 1 atom stereocenters. The molecular formula is C14H22N6O2. The van der Waals surface area contributed by atoms with Crippen LogP contribution in [0.5, 0.6) is 0 Å². The Kier molecular flexibility index (Phi) is 4.28. The standard InChI is InChI=1S/C14H22N6O2/c1-2-19-7-5-16-14(22)11(19)8-12(21)18-10-9-17-20-6-3-4-15-13(10)20/h9,11,15H,2-8H2,1H3,(H,16,22)(H,18,21). The number of nitrogens with zero attached hydrogens (tertiary/aromatic N) is 3. The minimum absolute atomic E-state index is 0.0709. The second-order valence-corrected chi connectivity index (χ2v) is 5.60. The summed E-state index contributed by atoms with van der Waals surface area (Å²) in [6.45, 7) is 5.92. The van der Waals surface area contributed by atoms with E-state index in [-0.39, 0.29) is 18.2 Å². The van der Waals surface area contributed by atoms with Gasteiger partial charge in [-0.1, -0.05) is 6.92 Å². The molecule has 2 aliphatic rings. The number of fused-ring (bicyclic) bond motifs is 1. The molecule has 3 rings (SSSR count). The molecule has 8 nitrogen and oxygen atoms in total. The van der Waals surface area contributed by atoms with Gasteiger partial charge in [0.05, 0.1) is 18.7 Å². The van der Waals surface area contributed by atoms with Gasteiger partial charge in [-0.2, -0.15) is 5.10 Å². The Labute approximate surface area is 129 Å². The number of hydrogen-bond acceptors (Lipinski definition) is 5. The first-order chi connectivity index (χ1) is 10.7. The van der Waals surface area contributed by atoms with Crippen LogP contribution >= 0.6 is 0 Å². The predicted octanol–water partition coefficient (Wildman–Crippen LogP) is -0.152. The summed E-state index contributed by atoms with van der Waals surface area (Å²) in [6.07, 6.45) is 2.84. The third kappa shape index (κ3) is 2.92. The molecule has 120 valence electrons. The van der Waals surface area contributed by atoms with Crippen LogP contribution in [0.25, 0.3) is 0 Å². The molecule has 3 heterocycles. The van der Waals surface area contributed by atoms with Crippen molar-refractivity contribution in [3.05, 3.63) is 6.20 Å². The van der Waals surface area contributed by atoms with Crippen molar-refractivity contribution in [1.29, 1.82) is 0 Å². The van der Waals surface area contributed by atoms with Crippen molar-refractivity contribution in [2.45, 2.75) is 32.4 Å². The number of rotatable bonds is 4. The van der Waals surface area contributed by atoms with Crippen molar-refractivity contribution >= 4 is 23.3 Å². The van der Waals surface area contributed by atoms with Crippen molar-refractivity contribution in [3.8, 4) is 0 Å². The number of amides is 2. The summed E-state index contributed by atoms with van der Waals surface area (Å²) in [7, 11) is 0. The molecule has 1 aromatic heterocycles. The van der Waals surface area contributed by atoms with Crippen LogP contribution in [-0.4, -0.2) is 58.7 Å². The molecule has 0 bridgehead atoms. The van der Waals surface area contributed by atoms with Crippen molar-refractivity contribution in [2.24, 2.45) is 0 Å². The molecule has 2 amide bonds. The van der Waals surface area contributed by atoms with E-state index in [0.29, 0.717) is 12.2 Å². The lowest BCUT2D eigenvalue weighted by Crippen LogP contribution is -2.56. The van der Waals surface area contributed by atoms with Gasteiger partial charge in [0.15, 0.2) is 0 Å². The Morgan fingerprint density at radius 1 is 1.41 bits per heavy atom. The molecule has 8 heteroatoms. The molecule has 22 heavy (non-hydrogen) atoms. The first kappa shape index (κ1) is 14.8. The molecule has 1 saturated heterocycles. The fraction of sp³-hybridized carbons (Fsp3) is 0.643. The summed E-state index contributed by atoms with van der Waals surface area (Å²) in [5.74, 6) is 0.613. The lowest BCUT2D eigenvalue weighted by atomic mass is 10.1. The lowest BCUT2D eigenvalue weighted by molar-refractivity contribution is -0.132. The van der Waals surface area contributed by atoms with Gasteiger partial charge in [-0.3, -0.25) is 14.5 Å². The Bertz CT molecular complexity index is 570. The number of hydrogen-bond donors (Lipinski definition) is 3. The molecule has 1 aromatic rings. The van der Waals surface area contributed by atoms with Gasteiger partial charge in [-0.05, 0) is 13.0 Å². The van der Waals surface area contributed by atoms with Crippen LogP contribution in [-0.2, 0) is 16.1 Å². The predicted molar refractivity (Wildman–Crippen MR) is 82.6 cm³/mol. The average molecular weight is 306 g/mol. The first-order valence-electron chi connectivity index (χ1n) is 7.80. The third-order valence-electron chi connectivity index (χ3n) is 4.18. The Morgan fingerprint density at radius 2 is 2.27 bits per heavy atom. The molecule has 0 radical (unpaired) electrons. The zero-order valence-corrected chi connectivity index (χ0v) is 12.8. The molecule has 1 fully saturated rings. The quantitative estimate of drug-likeness (QED) is 0.719. The van der Waals surface area contributed by atoms with Crippen LogP contribution in [0.2, 0.25) is 0 Å². The molecule has 0 saturated carbocycles. The molecule has 1 unspecified atom stereocenters. The Morgan fingerprint density at radius 3 is 3.09 bits per heavy atom. The van der Waals surface area contributed by atoms with E-state index < -0.39 is 6.04 Å². The fourth-order valence-corrected chi connectivity index (χ4v) is 3.01. The maximum absolute atomic E-state index is 12.3. The maximum atomic E-state index is 12.3. The molecule has 0 aromatic carbocycles. The summed E-state index contributed by atoms with van der Waals surface area (Å²) in [5.41, 5.74) is 0.684. The van der Waals surface area contributed by atoms with Crippen LogP contribution in [0.3, 0.4) is 0 Å². The van der Waals surface area contributed by atoms with E-state index in [4.69, 9.17) is 0 Å². The summed E-state index contributed by atoms with van der Waals surface area (Å²) >= 11 is 0. The van der Waals surface area contributed by atoms with Crippen molar-refractivity contribution in [1.82, 2.24) is 20.0 Å². The number of aryl methyl sites for hydroxylation is 1. The molecule has 2 aliphatic heterocycles. The maximum Gasteiger partial charge on any atom is 0.237 e. The highest BCUT2D eigenvalue weighted by Crippen LogP contribution is 2.24. The topological polar surface area (TPSA) is 91.3 Å². The minimum Gasteiger partial charge on any atom is -0.368 e. The van der Waals surface area contributed by atoms with E-state index in [0.717, 1.165) is 38.4 Å². The fourth-order valence-electron chi connectivity index (χ4n) is 3.01. The highest BCUT2D eigenvalue weighted by Gasteiger charge is 2.30. The largest absolute Gasteiger partial charge is 0.368 e. The summed E-state index contributed by atoms with van der Waals surface area (Å²) < 4.78 is 1.85. The number of piperazine rings is 1. The van der Waals surface area contributed by atoms with Crippen molar-refractivity contribution < 1.29 is 9.59 Å². The monoisotopic (exact) mass is 306 g/mol. The van der Waals surface area contributed by atoms with Gasteiger partial charge in [0.25, 0.3) is 0 Å². The van der Waals surface area contributed by atoms with Gasteiger partial charge in [-0.15, -0.1) is 0 Å². The summed E-state index contributed by atoms with van der Waals surface area (Å²) in [4.78, 5) is 26.3. The smallest absolute Gasteiger partial charge is 0.237 e. The highest BCUT2D eigenvalue weighted by atomic mass is 16.2. The van der Waals surface area contributed by atoms with E-state index in [1.807, 2.05) is 16.5 Å². The number of likely N-dealkylation sites (N-methyl/N-ethyl adjacent to an activating group) is 1.